The van der Waals surface area contributed by atoms with Crippen molar-refractivity contribution in [1.82, 2.24) is 20.2 Å². The highest BCUT2D eigenvalue weighted by Gasteiger charge is 2.32. The van der Waals surface area contributed by atoms with E-state index in [1.165, 1.54) is 4.68 Å². The topological polar surface area (TPSA) is 115 Å². The molecular formula is C10H16N4O4S. The monoisotopic (exact) mass is 288 g/mol. The van der Waals surface area contributed by atoms with Gasteiger partial charge in [-0.3, -0.25) is 4.79 Å². The van der Waals surface area contributed by atoms with Crippen molar-refractivity contribution in [2.75, 3.05) is 11.5 Å². The molecule has 2 heterocycles. The molecule has 2 unspecified atom stereocenters. The molecule has 1 aromatic rings. The van der Waals surface area contributed by atoms with Gasteiger partial charge in [-0.1, -0.05) is 6.92 Å². The summed E-state index contributed by atoms with van der Waals surface area (Å²) >= 11 is 0. The highest BCUT2D eigenvalue weighted by molar-refractivity contribution is 7.91. The standard InChI is InChI=1S/C10H16N4O4S/c1-7(10(15)16)2-4-14-9(11-12-13-14)8-3-5-19(17,18)6-8/h7-8H,2-6H2,1H3,(H,15,16). The largest absolute Gasteiger partial charge is 0.481 e. The maximum Gasteiger partial charge on any atom is 0.306 e. The number of aryl methyl sites for hydroxylation is 1. The summed E-state index contributed by atoms with van der Waals surface area (Å²) in [6.07, 6.45) is 0.935. The van der Waals surface area contributed by atoms with E-state index in [2.05, 4.69) is 15.5 Å². The van der Waals surface area contributed by atoms with Gasteiger partial charge in [0, 0.05) is 12.5 Å². The normalized spacial score (nSPS) is 23.3. The van der Waals surface area contributed by atoms with Crippen LogP contribution in [0, 0.1) is 5.92 Å². The van der Waals surface area contributed by atoms with Gasteiger partial charge in [-0.2, -0.15) is 0 Å². The van der Waals surface area contributed by atoms with E-state index in [9.17, 15) is 13.2 Å². The summed E-state index contributed by atoms with van der Waals surface area (Å²) in [7, 11) is -2.99. The minimum Gasteiger partial charge on any atom is -0.481 e. The van der Waals surface area contributed by atoms with E-state index >= 15 is 0 Å². The maximum atomic E-state index is 11.4. The lowest BCUT2D eigenvalue weighted by Gasteiger charge is -2.10. The van der Waals surface area contributed by atoms with Gasteiger partial charge in [-0.15, -0.1) is 5.10 Å². The first-order chi connectivity index (χ1) is 8.89. The number of tetrazole rings is 1. The molecule has 0 radical (unpaired) electrons. The van der Waals surface area contributed by atoms with Crippen LogP contribution in [0.25, 0.3) is 0 Å². The van der Waals surface area contributed by atoms with Crippen LogP contribution in [-0.2, 0) is 21.2 Å². The third-order valence-electron chi connectivity index (χ3n) is 3.35. The molecule has 0 saturated carbocycles. The van der Waals surface area contributed by atoms with Crippen LogP contribution in [-0.4, -0.2) is 51.2 Å². The molecule has 1 N–H and O–H groups in total. The van der Waals surface area contributed by atoms with E-state index in [4.69, 9.17) is 5.11 Å². The number of aliphatic carboxylic acids is 1. The number of carboxylic acids is 1. The van der Waals surface area contributed by atoms with Crippen LogP contribution in [0.4, 0.5) is 0 Å². The average molecular weight is 288 g/mol. The Hall–Kier alpha value is -1.51. The zero-order valence-electron chi connectivity index (χ0n) is 10.6. The number of rotatable bonds is 5. The summed E-state index contributed by atoms with van der Waals surface area (Å²) < 4.78 is 24.4. The molecule has 1 aliphatic heterocycles. The third-order valence-corrected chi connectivity index (χ3v) is 5.12. The Bertz CT molecular complexity index is 568. The first-order valence-electron chi connectivity index (χ1n) is 6.08. The lowest BCUT2D eigenvalue weighted by atomic mass is 10.1. The molecule has 2 rings (SSSR count). The number of carboxylic acid groups (broad SMARTS) is 1. The van der Waals surface area contributed by atoms with E-state index in [-0.39, 0.29) is 17.4 Å². The smallest absolute Gasteiger partial charge is 0.306 e. The van der Waals surface area contributed by atoms with E-state index in [1.54, 1.807) is 6.92 Å². The van der Waals surface area contributed by atoms with Gasteiger partial charge in [-0.05, 0) is 23.3 Å². The number of hydrogen-bond donors (Lipinski definition) is 1. The van der Waals surface area contributed by atoms with Gasteiger partial charge in [0.1, 0.15) is 0 Å². The summed E-state index contributed by atoms with van der Waals surface area (Å²) in [4.78, 5) is 10.7. The van der Waals surface area contributed by atoms with Gasteiger partial charge in [0.25, 0.3) is 0 Å². The first kappa shape index (κ1) is 13.9. The maximum absolute atomic E-state index is 11.4. The number of hydrogen-bond acceptors (Lipinski definition) is 6. The first-order valence-corrected chi connectivity index (χ1v) is 7.90. The molecule has 0 aromatic carbocycles. The molecule has 9 heteroatoms. The SMILES string of the molecule is CC(CCn1nnnc1C1CCS(=O)(=O)C1)C(=O)O. The second-order valence-corrected chi connectivity index (χ2v) is 7.12. The van der Waals surface area contributed by atoms with Crippen LogP contribution in [0.2, 0.25) is 0 Å². The summed E-state index contributed by atoms with van der Waals surface area (Å²) in [5, 5.41) is 20.1. The van der Waals surface area contributed by atoms with Gasteiger partial charge >= 0.3 is 5.97 Å². The quantitative estimate of drug-likeness (QED) is 0.789. The van der Waals surface area contributed by atoms with Crippen molar-refractivity contribution >= 4 is 15.8 Å². The van der Waals surface area contributed by atoms with Gasteiger partial charge in [0.15, 0.2) is 15.7 Å². The van der Waals surface area contributed by atoms with Gasteiger partial charge in [0.2, 0.25) is 0 Å². The van der Waals surface area contributed by atoms with Crippen LogP contribution in [0.1, 0.15) is 31.5 Å². The second kappa shape index (κ2) is 5.24. The predicted molar refractivity (Wildman–Crippen MR) is 65.2 cm³/mol. The highest BCUT2D eigenvalue weighted by Crippen LogP contribution is 2.27. The minimum absolute atomic E-state index is 0.0713. The van der Waals surface area contributed by atoms with Crippen molar-refractivity contribution in [1.29, 1.82) is 0 Å². The Kier molecular flexibility index (Phi) is 3.83. The molecule has 0 aliphatic carbocycles. The van der Waals surface area contributed by atoms with Crippen LogP contribution >= 0.6 is 0 Å². The van der Waals surface area contributed by atoms with Crippen molar-refractivity contribution in [2.24, 2.45) is 5.92 Å². The number of nitrogens with zero attached hydrogens (tertiary/aromatic N) is 4. The van der Waals surface area contributed by atoms with E-state index < -0.39 is 21.7 Å². The fourth-order valence-corrected chi connectivity index (χ4v) is 3.84. The van der Waals surface area contributed by atoms with Crippen LogP contribution in [0.3, 0.4) is 0 Å². The lowest BCUT2D eigenvalue weighted by molar-refractivity contribution is -0.141. The Morgan fingerprint density at radius 3 is 2.89 bits per heavy atom. The fourth-order valence-electron chi connectivity index (χ4n) is 2.10. The molecule has 0 amide bonds. The molecule has 0 bridgehead atoms. The van der Waals surface area contributed by atoms with Crippen LogP contribution < -0.4 is 0 Å². The molecule has 1 saturated heterocycles. The second-order valence-electron chi connectivity index (χ2n) is 4.89. The van der Waals surface area contributed by atoms with E-state index in [0.29, 0.717) is 25.2 Å². The molecule has 1 aromatic heterocycles. The Morgan fingerprint density at radius 1 is 1.58 bits per heavy atom. The average Bonchev–Trinajstić information content (AvgIpc) is 2.91. The highest BCUT2D eigenvalue weighted by atomic mass is 32.2. The summed E-state index contributed by atoms with van der Waals surface area (Å²) in [6.45, 7) is 2.00. The summed E-state index contributed by atoms with van der Waals surface area (Å²) in [5.74, 6) is -0.751. The number of aromatic nitrogens is 4. The Morgan fingerprint density at radius 2 is 2.32 bits per heavy atom. The van der Waals surface area contributed by atoms with Gasteiger partial charge < -0.3 is 5.11 Å². The third kappa shape index (κ3) is 3.28. The van der Waals surface area contributed by atoms with Crippen molar-refractivity contribution < 1.29 is 18.3 Å². The summed E-state index contributed by atoms with van der Waals surface area (Å²) in [5.41, 5.74) is 0. The molecule has 19 heavy (non-hydrogen) atoms. The molecule has 2 atom stereocenters. The molecule has 8 nitrogen and oxygen atoms in total. The van der Waals surface area contributed by atoms with Gasteiger partial charge in [-0.25, -0.2) is 13.1 Å². The predicted octanol–water partition coefficient (Wildman–Crippen LogP) is -0.314. The molecule has 0 spiro atoms. The van der Waals surface area contributed by atoms with Crippen LogP contribution in [0.5, 0.6) is 0 Å². The fraction of sp³-hybridized carbons (Fsp3) is 0.800. The van der Waals surface area contributed by atoms with E-state index in [0.717, 1.165) is 0 Å². The van der Waals surface area contributed by atoms with E-state index in [1.807, 2.05) is 0 Å². The van der Waals surface area contributed by atoms with Crippen molar-refractivity contribution in [3.05, 3.63) is 5.82 Å². The van der Waals surface area contributed by atoms with Crippen molar-refractivity contribution in [3.63, 3.8) is 0 Å². The minimum atomic E-state index is -2.99. The molecule has 106 valence electrons. The number of sulfone groups is 1. The number of carbonyl (C=O) groups is 1. The van der Waals surface area contributed by atoms with Gasteiger partial charge in [0.05, 0.1) is 17.4 Å². The Labute approximate surface area is 110 Å². The Balaban J connectivity index is 2.04. The summed E-state index contributed by atoms with van der Waals surface area (Å²) in [6, 6.07) is 0. The molecule has 1 fully saturated rings. The lowest BCUT2D eigenvalue weighted by Crippen LogP contribution is -2.16. The molecular weight excluding hydrogens is 272 g/mol. The molecule has 1 aliphatic rings. The van der Waals surface area contributed by atoms with Crippen molar-refractivity contribution in [2.45, 2.75) is 32.2 Å². The van der Waals surface area contributed by atoms with Crippen molar-refractivity contribution in [3.8, 4) is 0 Å². The zero-order valence-corrected chi connectivity index (χ0v) is 11.4. The van der Waals surface area contributed by atoms with Crippen LogP contribution in [0.15, 0.2) is 0 Å². The zero-order chi connectivity index (χ0) is 14.0.